The highest BCUT2D eigenvalue weighted by molar-refractivity contribution is 5.78. The Kier molecular flexibility index (Phi) is 4.14. The Morgan fingerprint density at radius 2 is 2.36 bits per heavy atom. The van der Waals surface area contributed by atoms with Crippen molar-refractivity contribution in [2.24, 2.45) is 0 Å². The molecular formula is C11H20N2O. The number of carbonyl (C=O) groups excluding carboxylic acids is 1. The van der Waals surface area contributed by atoms with Gasteiger partial charge < -0.3 is 10.2 Å². The molecule has 1 aliphatic rings. The van der Waals surface area contributed by atoms with Crippen molar-refractivity contribution in [3.8, 4) is 0 Å². The van der Waals surface area contributed by atoms with Crippen molar-refractivity contribution in [3.63, 3.8) is 0 Å². The number of hydrogen-bond donors (Lipinski definition) is 1. The van der Waals surface area contributed by atoms with Crippen LogP contribution in [0.25, 0.3) is 0 Å². The van der Waals surface area contributed by atoms with Crippen LogP contribution in [0.1, 0.15) is 27.2 Å². The summed E-state index contributed by atoms with van der Waals surface area (Å²) in [4.78, 5) is 13.5. The highest BCUT2D eigenvalue weighted by atomic mass is 16.2. The van der Waals surface area contributed by atoms with E-state index in [4.69, 9.17) is 0 Å². The molecule has 0 atom stereocenters. The second-order valence-corrected chi connectivity index (χ2v) is 4.18. The molecule has 0 radical (unpaired) electrons. The van der Waals surface area contributed by atoms with Crippen LogP contribution < -0.4 is 5.32 Å². The molecule has 0 aromatic carbocycles. The lowest BCUT2D eigenvalue weighted by atomic mass is 10.1. The highest BCUT2D eigenvalue weighted by Crippen LogP contribution is 2.09. The summed E-state index contributed by atoms with van der Waals surface area (Å²) in [6, 6.07) is 0.376. The maximum atomic E-state index is 11.6. The number of carbonyl (C=O) groups is 1. The molecule has 0 fully saturated rings. The molecule has 0 bridgehead atoms. The van der Waals surface area contributed by atoms with Crippen molar-refractivity contribution in [3.05, 3.63) is 11.6 Å². The van der Waals surface area contributed by atoms with E-state index in [2.05, 4.69) is 18.3 Å². The maximum absolute atomic E-state index is 11.6. The van der Waals surface area contributed by atoms with Crippen molar-refractivity contribution < 1.29 is 4.79 Å². The van der Waals surface area contributed by atoms with E-state index in [0.717, 1.165) is 19.5 Å². The van der Waals surface area contributed by atoms with Gasteiger partial charge in [0.1, 0.15) is 0 Å². The molecule has 80 valence electrons. The zero-order valence-electron chi connectivity index (χ0n) is 9.34. The summed E-state index contributed by atoms with van der Waals surface area (Å²) in [6.07, 6.45) is 3.16. The first-order valence-electron chi connectivity index (χ1n) is 5.26. The van der Waals surface area contributed by atoms with E-state index in [1.165, 1.54) is 5.57 Å². The van der Waals surface area contributed by atoms with E-state index in [1.54, 1.807) is 0 Å². The van der Waals surface area contributed by atoms with E-state index in [1.807, 2.05) is 18.7 Å². The number of rotatable bonds is 3. The molecule has 1 heterocycles. The van der Waals surface area contributed by atoms with Crippen molar-refractivity contribution in [1.82, 2.24) is 10.2 Å². The summed E-state index contributed by atoms with van der Waals surface area (Å²) < 4.78 is 0. The fourth-order valence-electron chi connectivity index (χ4n) is 1.40. The molecule has 0 saturated carbocycles. The predicted octanol–water partition coefficient (Wildman–Crippen LogP) is 1.16. The van der Waals surface area contributed by atoms with Gasteiger partial charge in [-0.1, -0.05) is 25.5 Å². The number of nitrogens with zero attached hydrogens (tertiary/aromatic N) is 1. The average Bonchev–Trinajstić information content (AvgIpc) is 2.15. The Labute approximate surface area is 86.2 Å². The molecule has 1 amide bonds. The van der Waals surface area contributed by atoms with Crippen molar-refractivity contribution >= 4 is 5.91 Å². The van der Waals surface area contributed by atoms with Gasteiger partial charge in [0.15, 0.2) is 0 Å². The normalized spacial score (nSPS) is 17.1. The van der Waals surface area contributed by atoms with E-state index < -0.39 is 0 Å². The minimum absolute atomic E-state index is 0.211. The zero-order valence-corrected chi connectivity index (χ0v) is 9.34. The zero-order chi connectivity index (χ0) is 10.6. The molecule has 14 heavy (non-hydrogen) atoms. The van der Waals surface area contributed by atoms with Crippen molar-refractivity contribution in [1.29, 1.82) is 0 Å². The Morgan fingerprint density at radius 3 is 2.86 bits per heavy atom. The molecule has 1 N–H and O–H groups in total. The second kappa shape index (κ2) is 5.15. The fraction of sp³-hybridized carbons (Fsp3) is 0.727. The van der Waals surface area contributed by atoms with Crippen LogP contribution in [0.4, 0.5) is 0 Å². The largest absolute Gasteiger partial charge is 0.338 e. The van der Waals surface area contributed by atoms with Crippen LogP contribution >= 0.6 is 0 Å². The summed E-state index contributed by atoms with van der Waals surface area (Å²) in [6.45, 7) is 8.34. The lowest BCUT2D eigenvalue weighted by molar-refractivity contribution is -0.130. The summed E-state index contributed by atoms with van der Waals surface area (Å²) >= 11 is 0. The Morgan fingerprint density at radius 1 is 1.64 bits per heavy atom. The first kappa shape index (κ1) is 11.2. The molecule has 0 aromatic rings. The van der Waals surface area contributed by atoms with E-state index in [0.29, 0.717) is 12.6 Å². The van der Waals surface area contributed by atoms with Crippen LogP contribution in [-0.4, -0.2) is 36.5 Å². The highest BCUT2D eigenvalue weighted by Gasteiger charge is 2.15. The minimum atomic E-state index is 0.211. The number of amides is 1. The third-order valence-corrected chi connectivity index (χ3v) is 2.45. The Bertz CT molecular complexity index is 233. The summed E-state index contributed by atoms with van der Waals surface area (Å²) in [7, 11) is 0. The topological polar surface area (TPSA) is 32.3 Å². The second-order valence-electron chi connectivity index (χ2n) is 4.18. The van der Waals surface area contributed by atoms with E-state index >= 15 is 0 Å². The lowest BCUT2D eigenvalue weighted by Crippen LogP contribution is -2.42. The minimum Gasteiger partial charge on any atom is -0.338 e. The van der Waals surface area contributed by atoms with Gasteiger partial charge in [0.05, 0.1) is 6.54 Å². The van der Waals surface area contributed by atoms with Crippen LogP contribution in [0.5, 0.6) is 0 Å². The van der Waals surface area contributed by atoms with Gasteiger partial charge in [-0.15, -0.1) is 0 Å². The molecule has 0 spiro atoms. The van der Waals surface area contributed by atoms with Gasteiger partial charge in [0.25, 0.3) is 0 Å². The molecule has 0 aromatic heterocycles. The first-order valence-corrected chi connectivity index (χ1v) is 5.26. The Balaban J connectivity index is 2.32. The van der Waals surface area contributed by atoms with Gasteiger partial charge >= 0.3 is 0 Å². The summed E-state index contributed by atoms with van der Waals surface area (Å²) in [5, 5.41) is 3.14. The predicted molar refractivity (Wildman–Crippen MR) is 58.1 cm³/mol. The van der Waals surface area contributed by atoms with Crippen LogP contribution in [0.15, 0.2) is 11.6 Å². The van der Waals surface area contributed by atoms with Crippen LogP contribution in [0.3, 0.4) is 0 Å². The smallest absolute Gasteiger partial charge is 0.236 e. The molecule has 3 nitrogen and oxygen atoms in total. The van der Waals surface area contributed by atoms with Crippen molar-refractivity contribution in [2.75, 3.05) is 19.6 Å². The van der Waals surface area contributed by atoms with Crippen LogP contribution in [-0.2, 0) is 4.79 Å². The van der Waals surface area contributed by atoms with E-state index in [9.17, 15) is 4.79 Å². The van der Waals surface area contributed by atoms with Crippen LogP contribution in [0, 0.1) is 0 Å². The first-order chi connectivity index (χ1) is 6.59. The standard InChI is InChI=1S/C11H20N2O/c1-9(2)12-8-11(14)13-6-4-10(3)5-7-13/h4,9,12H,5-8H2,1-3H3. The van der Waals surface area contributed by atoms with Gasteiger partial charge in [-0.25, -0.2) is 0 Å². The molecule has 3 heteroatoms. The van der Waals surface area contributed by atoms with Gasteiger partial charge in [-0.2, -0.15) is 0 Å². The van der Waals surface area contributed by atoms with Crippen LogP contribution in [0.2, 0.25) is 0 Å². The molecule has 1 aliphatic heterocycles. The van der Waals surface area contributed by atoms with Crippen molar-refractivity contribution in [2.45, 2.75) is 33.2 Å². The SMILES string of the molecule is CC1=CCN(C(=O)CNC(C)C)CC1. The summed E-state index contributed by atoms with van der Waals surface area (Å²) in [5.41, 5.74) is 1.39. The van der Waals surface area contributed by atoms with Gasteiger partial charge in [-0.3, -0.25) is 4.79 Å². The lowest BCUT2D eigenvalue weighted by Gasteiger charge is -2.26. The quantitative estimate of drug-likeness (QED) is 0.687. The average molecular weight is 196 g/mol. The molecule has 0 aliphatic carbocycles. The molecule has 1 rings (SSSR count). The molecule has 0 saturated heterocycles. The molecule has 0 unspecified atom stereocenters. The number of hydrogen-bond acceptors (Lipinski definition) is 2. The number of nitrogens with one attached hydrogen (secondary N) is 1. The third-order valence-electron chi connectivity index (χ3n) is 2.45. The summed E-state index contributed by atoms with van der Waals surface area (Å²) in [5.74, 6) is 0.211. The maximum Gasteiger partial charge on any atom is 0.236 e. The fourth-order valence-corrected chi connectivity index (χ4v) is 1.40. The third kappa shape index (κ3) is 3.50. The van der Waals surface area contributed by atoms with Gasteiger partial charge in [0, 0.05) is 19.1 Å². The van der Waals surface area contributed by atoms with Gasteiger partial charge in [-0.05, 0) is 13.3 Å². The monoisotopic (exact) mass is 196 g/mol. The van der Waals surface area contributed by atoms with E-state index in [-0.39, 0.29) is 5.91 Å². The molecular weight excluding hydrogens is 176 g/mol. The van der Waals surface area contributed by atoms with Gasteiger partial charge in [0.2, 0.25) is 5.91 Å². The Hall–Kier alpha value is -0.830.